The number of unbranched alkanes of at least 4 members (excludes halogenated alkanes) is 15. The summed E-state index contributed by atoms with van der Waals surface area (Å²) in [4.78, 5) is 74.0. The van der Waals surface area contributed by atoms with Gasteiger partial charge in [0.25, 0.3) is 0 Å². The zero-order valence-corrected chi connectivity index (χ0v) is 54.4. The number of rotatable bonds is 34. The predicted molar refractivity (Wildman–Crippen MR) is 326 cm³/mol. The third kappa shape index (κ3) is 16.8. The summed E-state index contributed by atoms with van der Waals surface area (Å²) in [6.45, 7) is 19.2. The van der Waals surface area contributed by atoms with E-state index in [2.05, 4.69) is 26.1 Å². The minimum Gasteiger partial charge on any atom is -0.456 e. The fourth-order valence-electron chi connectivity index (χ4n) is 13.3. The summed E-state index contributed by atoms with van der Waals surface area (Å²) in [5.74, 6) is -5.22. The van der Waals surface area contributed by atoms with Crippen molar-refractivity contribution in [2.24, 2.45) is 16.7 Å². The maximum atomic E-state index is 16.2. The van der Waals surface area contributed by atoms with Gasteiger partial charge in [-0.05, 0) is 82.7 Å². The maximum Gasteiger partial charge on any atom is 0.680 e. The number of fused-ring (bicyclic) bond motifs is 5. The molecule has 19 heteroatoms. The highest BCUT2D eigenvalue weighted by atomic mass is 28.4. The fraction of sp³-hybridized carbons (Fsp3) is 0.716. The summed E-state index contributed by atoms with van der Waals surface area (Å²) in [5, 5.41) is 42.1. The molecule has 0 aromatic heterocycles. The van der Waals surface area contributed by atoms with E-state index in [9.17, 15) is 29.7 Å². The number of alkyl carbamates (subject to hydrolysis) is 1. The minimum absolute atomic E-state index is 0.0466. The van der Waals surface area contributed by atoms with Crippen LogP contribution in [0.25, 0.3) is 0 Å². The molecule has 2 aromatic rings. The molecule has 4 N–H and O–H groups in total. The highest BCUT2D eigenvalue weighted by molar-refractivity contribution is 6.53. The summed E-state index contributed by atoms with van der Waals surface area (Å²) < 4.78 is 59.1. The second-order valence-electron chi connectivity index (χ2n) is 26.0. The maximum absolute atomic E-state index is 16.2. The molecular weight excluding hydrogens is 1120 g/mol. The first-order valence-electron chi connectivity index (χ1n) is 32.1. The zero-order chi connectivity index (χ0) is 62.9. The molecule has 0 spiro atoms. The molecule has 2 bridgehead atoms. The van der Waals surface area contributed by atoms with Crippen molar-refractivity contribution in [3.05, 3.63) is 82.9 Å². The van der Waals surface area contributed by atoms with Gasteiger partial charge in [0.1, 0.15) is 35.6 Å². The van der Waals surface area contributed by atoms with Crippen LogP contribution in [0.2, 0.25) is 0 Å². The molecule has 18 nitrogen and oxygen atoms in total. The van der Waals surface area contributed by atoms with Crippen molar-refractivity contribution < 1.29 is 80.7 Å². The van der Waals surface area contributed by atoms with Gasteiger partial charge in [0, 0.05) is 45.0 Å². The van der Waals surface area contributed by atoms with E-state index in [0.717, 1.165) is 96.3 Å². The van der Waals surface area contributed by atoms with E-state index in [1.54, 1.807) is 90.1 Å². The molecule has 4 aliphatic rings. The van der Waals surface area contributed by atoms with E-state index in [1.807, 2.05) is 0 Å². The minimum atomic E-state index is -4.52. The topological polar surface area (TPSA) is 241 Å². The van der Waals surface area contributed by atoms with Crippen LogP contribution in [0.15, 0.2) is 71.8 Å². The lowest BCUT2D eigenvalue weighted by atomic mass is 9.44. The Kier molecular flexibility index (Phi) is 26.0. The summed E-state index contributed by atoms with van der Waals surface area (Å²) in [6.07, 6.45) is 5.76. The van der Waals surface area contributed by atoms with Gasteiger partial charge < -0.3 is 62.0 Å². The number of aliphatic hydroxyl groups is 3. The van der Waals surface area contributed by atoms with Gasteiger partial charge in [-0.2, -0.15) is 0 Å². The second kappa shape index (κ2) is 31.7. The van der Waals surface area contributed by atoms with Crippen LogP contribution in [0, 0.1) is 16.7 Å². The largest absolute Gasteiger partial charge is 0.680 e. The number of ether oxygens (including phenoxy) is 5. The van der Waals surface area contributed by atoms with Crippen LogP contribution in [0.1, 0.15) is 227 Å². The van der Waals surface area contributed by atoms with Gasteiger partial charge in [0.15, 0.2) is 17.5 Å². The van der Waals surface area contributed by atoms with Gasteiger partial charge in [-0.3, -0.25) is 9.59 Å². The molecule has 1 saturated heterocycles. The van der Waals surface area contributed by atoms with Crippen LogP contribution in [-0.2, 0) is 55.8 Å². The molecule has 1 aliphatic heterocycles. The molecule has 482 valence electrons. The molecule has 1 heterocycles. The van der Waals surface area contributed by atoms with Crippen LogP contribution in [0.5, 0.6) is 0 Å². The Morgan fingerprint density at radius 3 is 1.71 bits per heavy atom. The van der Waals surface area contributed by atoms with Gasteiger partial charge in [-0.25, -0.2) is 14.4 Å². The number of ketones is 1. The highest BCUT2D eigenvalue weighted by Crippen LogP contribution is 2.64. The smallest absolute Gasteiger partial charge is 0.456 e. The van der Waals surface area contributed by atoms with Crippen molar-refractivity contribution >= 4 is 38.8 Å². The number of nitrogens with one attached hydrogen (secondary N) is 1. The number of carbonyl (C=O) groups is 5. The molecule has 3 aliphatic carbocycles. The molecule has 1 amide bonds. The number of aliphatic hydroxyl groups excluding tert-OH is 2. The molecule has 0 radical (unpaired) electrons. The van der Waals surface area contributed by atoms with Crippen LogP contribution in [0.4, 0.5) is 4.79 Å². The van der Waals surface area contributed by atoms with E-state index in [0.29, 0.717) is 24.8 Å². The monoisotopic (exact) mass is 1220 g/mol. The van der Waals surface area contributed by atoms with Crippen molar-refractivity contribution in [3.63, 3.8) is 0 Å². The Hall–Kier alpha value is -4.57. The van der Waals surface area contributed by atoms with Gasteiger partial charge in [-0.1, -0.05) is 179 Å². The van der Waals surface area contributed by atoms with E-state index in [-0.39, 0.29) is 49.6 Å². The Morgan fingerprint density at radius 2 is 1.23 bits per heavy atom. The van der Waals surface area contributed by atoms with Gasteiger partial charge >= 0.3 is 33.0 Å². The van der Waals surface area contributed by atoms with E-state index in [4.69, 9.17) is 41.4 Å². The Morgan fingerprint density at radius 1 is 0.733 bits per heavy atom. The lowest BCUT2D eigenvalue weighted by molar-refractivity contribution is -0.346. The van der Waals surface area contributed by atoms with Gasteiger partial charge in [0.2, 0.25) is 0 Å². The van der Waals surface area contributed by atoms with Crippen molar-refractivity contribution in [3.8, 4) is 0 Å². The lowest BCUT2D eigenvalue weighted by Crippen LogP contribution is -2.81. The van der Waals surface area contributed by atoms with E-state index in [1.165, 1.54) is 26.0 Å². The third-order valence-electron chi connectivity index (χ3n) is 18.1. The molecule has 3 fully saturated rings. The second-order valence-corrected chi connectivity index (χ2v) is 28.1. The van der Waals surface area contributed by atoms with Crippen LogP contribution in [-0.4, -0.2) is 134 Å². The zero-order valence-electron chi connectivity index (χ0n) is 53.4. The number of Topliss-reactive ketones (excluding diaryl/α,β-unsaturated/α-hetero) is 1. The van der Waals surface area contributed by atoms with E-state index < -0.39 is 121 Å². The van der Waals surface area contributed by atoms with Crippen LogP contribution < -0.4 is 5.32 Å². The predicted octanol–water partition coefficient (Wildman–Crippen LogP) is 11.9. The van der Waals surface area contributed by atoms with Crippen LogP contribution in [0.3, 0.4) is 0 Å². The van der Waals surface area contributed by atoms with Crippen molar-refractivity contribution in [1.29, 1.82) is 0 Å². The molecule has 11 atom stereocenters. The summed E-state index contributed by atoms with van der Waals surface area (Å²) in [6, 6.07) is 15.4. The molecule has 0 unspecified atom stereocenters. The number of esters is 3. The van der Waals surface area contributed by atoms with Crippen molar-refractivity contribution in [2.45, 2.75) is 264 Å². The third-order valence-corrected chi connectivity index (χ3v) is 20.4. The highest BCUT2D eigenvalue weighted by Gasteiger charge is 2.78. The number of hydrogen-bond acceptors (Lipinski definition) is 17. The normalized spacial score (nSPS) is 26.8. The molecule has 2 saturated carbocycles. The SMILES string of the molecule is CCCCCCCCO[Si](OCCCCCCCC)(OCCCCCCCC)O[C@@H](C(=O)O[C@H]1C[C@@]2(O)[C@@H](OC(=O)c3ccccc3)[C@@H]3[C@]4(OC(C)=O)CO[C@@H]4C[C@H](O)[C@@]3(C)C(=O)[C@H](O)C(=C1C)C2(C)C)[C@@H](NC(=O)OC(C)(C)C)c1ccccc1. The molecule has 2 aromatic carbocycles. The first-order valence-corrected chi connectivity index (χ1v) is 33.7. The first-order chi connectivity index (χ1) is 40.9. The number of carbonyl (C=O) groups excluding carboxylic acids is 5. The lowest BCUT2D eigenvalue weighted by Gasteiger charge is -2.67. The van der Waals surface area contributed by atoms with Crippen molar-refractivity contribution in [1.82, 2.24) is 5.32 Å². The Labute approximate surface area is 512 Å². The number of hydrogen-bond donors (Lipinski definition) is 4. The van der Waals surface area contributed by atoms with E-state index >= 15 is 9.59 Å². The quantitative estimate of drug-likeness (QED) is 0.0167. The van der Waals surface area contributed by atoms with Crippen LogP contribution >= 0.6 is 0 Å². The molecule has 86 heavy (non-hydrogen) atoms. The van der Waals surface area contributed by atoms with Crippen molar-refractivity contribution in [2.75, 3.05) is 26.4 Å². The number of benzene rings is 2. The Bertz CT molecular complexity index is 2490. The molecule has 6 rings (SSSR count). The molecular formula is C67H103NO17Si. The average Bonchev–Trinajstić information content (AvgIpc) is 0.677. The van der Waals surface area contributed by atoms with Gasteiger partial charge in [-0.15, -0.1) is 0 Å². The average molecular weight is 1220 g/mol. The summed E-state index contributed by atoms with van der Waals surface area (Å²) in [7, 11) is -4.52. The number of amides is 1. The van der Waals surface area contributed by atoms with Gasteiger partial charge in [0.05, 0.1) is 35.6 Å². The standard InChI is InChI=1S/C67H103NO17Si/c1-12-15-18-21-24-33-40-78-86(79-41-34-25-22-19-16-13-2,80-42-35-26-23-20-17-14-3)85-56(54(48-36-29-27-30-37-48)68-62(75)84-63(6,7)8)61(74)81-50-44-67(76)59(82-60(73)49-38-31-28-32-39-49)57-65(11,58(72)55(71)53(46(50)4)64(67,9)10)51(70)43-52-66(57,45-77-52)83-47(5)69/h27-32,36-39,50-52,54-57,59,70-71,76H,12-26,33-35,40-45H2,1-11H3,(H,68,75)/t50-,51-,52+,54-,55+,56+,57-,59-,65+,66-,67+/m0/s1. The Balaban J connectivity index is 1.54. The fourth-order valence-corrected chi connectivity index (χ4v) is 15.5. The first kappa shape index (κ1) is 70.5. The summed E-state index contributed by atoms with van der Waals surface area (Å²) in [5.41, 5.74) is -8.29. The summed E-state index contributed by atoms with van der Waals surface area (Å²) >= 11 is 0.